The molecule has 0 aromatic heterocycles. The summed E-state index contributed by atoms with van der Waals surface area (Å²) in [5, 5.41) is 14.3. The van der Waals surface area contributed by atoms with E-state index >= 15 is 0 Å². The van der Waals surface area contributed by atoms with Crippen LogP contribution in [0.15, 0.2) is 24.3 Å². The molecule has 1 atom stereocenters. The standard InChI is InChI=1S/C19H34ClNO3Si/c1-18(2,3)25(6,7)24-14-19(4,5)21-12-16(22)13-23-17-10-8-9-15(20)11-17/h8-11,16,21-22H,12-14H2,1-7H3. The fourth-order valence-corrected chi connectivity index (χ4v) is 3.17. The molecule has 4 nitrogen and oxygen atoms in total. The molecule has 0 radical (unpaired) electrons. The van der Waals surface area contributed by atoms with Gasteiger partial charge in [0, 0.05) is 17.1 Å². The molecule has 0 saturated heterocycles. The van der Waals surface area contributed by atoms with Gasteiger partial charge in [-0.05, 0) is 50.2 Å². The average molecular weight is 388 g/mol. The monoisotopic (exact) mass is 387 g/mol. The van der Waals surface area contributed by atoms with Gasteiger partial charge in [-0.25, -0.2) is 0 Å². The van der Waals surface area contributed by atoms with Crippen LogP contribution in [0.1, 0.15) is 34.6 Å². The lowest BCUT2D eigenvalue weighted by molar-refractivity contribution is 0.0915. The quantitative estimate of drug-likeness (QED) is 0.614. The van der Waals surface area contributed by atoms with Crippen LogP contribution in [-0.2, 0) is 4.43 Å². The van der Waals surface area contributed by atoms with Gasteiger partial charge in [-0.3, -0.25) is 0 Å². The summed E-state index contributed by atoms with van der Waals surface area (Å²) >= 11 is 5.92. The Balaban J connectivity index is 2.39. The Morgan fingerprint density at radius 1 is 1.20 bits per heavy atom. The number of rotatable bonds is 9. The molecule has 0 amide bonds. The molecule has 1 aromatic rings. The van der Waals surface area contributed by atoms with Crippen molar-refractivity contribution in [3.05, 3.63) is 29.3 Å². The van der Waals surface area contributed by atoms with Crippen LogP contribution in [0.2, 0.25) is 23.2 Å². The van der Waals surface area contributed by atoms with Crippen LogP contribution in [0.25, 0.3) is 0 Å². The summed E-state index contributed by atoms with van der Waals surface area (Å²) in [6.45, 7) is 16.6. The number of hydrogen-bond acceptors (Lipinski definition) is 4. The first kappa shape index (κ1) is 22.4. The summed E-state index contributed by atoms with van der Waals surface area (Å²) in [4.78, 5) is 0. The van der Waals surface area contributed by atoms with Crippen molar-refractivity contribution in [2.45, 2.75) is 64.4 Å². The van der Waals surface area contributed by atoms with Gasteiger partial charge in [0.15, 0.2) is 8.32 Å². The second-order valence-corrected chi connectivity index (χ2v) is 14.0. The van der Waals surface area contributed by atoms with Crippen molar-refractivity contribution in [2.24, 2.45) is 0 Å². The summed E-state index contributed by atoms with van der Waals surface area (Å²) in [7, 11) is -1.78. The largest absolute Gasteiger partial charge is 0.491 e. The third-order valence-corrected chi connectivity index (χ3v) is 9.37. The highest BCUT2D eigenvalue weighted by molar-refractivity contribution is 6.74. The first-order valence-corrected chi connectivity index (χ1v) is 12.1. The highest BCUT2D eigenvalue weighted by Gasteiger charge is 2.38. The van der Waals surface area contributed by atoms with E-state index in [-0.39, 0.29) is 17.2 Å². The number of aliphatic hydroxyl groups is 1. The summed E-state index contributed by atoms with van der Waals surface area (Å²) < 4.78 is 11.9. The smallest absolute Gasteiger partial charge is 0.192 e. The van der Waals surface area contributed by atoms with Gasteiger partial charge < -0.3 is 19.6 Å². The molecule has 2 N–H and O–H groups in total. The Morgan fingerprint density at radius 2 is 1.84 bits per heavy atom. The Labute approximate surface area is 159 Å². The Morgan fingerprint density at radius 3 is 2.40 bits per heavy atom. The normalized spacial score (nSPS) is 14.4. The molecule has 0 aliphatic heterocycles. The maximum Gasteiger partial charge on any atom is 0.192 e. The molecule has 0 spiro atoms. The van der Waals surface area contributed by atoms with Crippen LogP contribution >= 0.6 is 11.6 Å². The van der Waals surface area contributed by atoms with E-state index < -0.39 is 14.4 Å². The van der Waals surface area contributed by atoms with E-state index in [0.717, 1.165) is 0 Å². The van der Waals surface area contributed by atoms with Gasteiger partial charge in [-0.1, -0.05) is 38.4 Å². The molecule has 0 saturated carbocycles. The van der Waals surface area contributed by atoms with E-state index in [2.05, 4.69) is 53.0 Å². The van der Waals surface area contributed by atoms with E-state index in [9.17, 15) is 5.11 Å². The summed E-state index contributed by atoms with van der Waals surface area (Å²) in [5.41, 5.74) is -0.216. The second kappa shape index (κ2) is 8.87. The van der Waals surface area contributed by atoms with E-state index in [1.807, 2.05) is 12.1 Å². The van der Waals surface area contributed by atoms with Crippen LogP contribution in [-0.4, -0.2) is 44.8 Å². The lowest BCUT2D eigenvalue weighted by Crippen LogP contribution is -2.51. The number of aliphatic hydroxyl groups excluding tert-OH is 1. The number of β-amino-alcohol motifs (C(OH)–C–C–N with tert-alkyl or cyclic N) is 1. The first-order valence-electron chi connectivity index (χ1n) is 8.78. The zero-order valence-corrected chi connectivity index (χ0v) is 18.4. The Bertz CT molecular complexity index is 544. The summed E-state index contributed by atoms with van der Waals surface area (Å²) in [6.07, 6.45) is -0.605. The summed E-state index contributed by atoms with van der Waals surface area (Å²) in [5.74, 6) is 0.659. The molecule has 0 aliphatic rings. The van der Waals surface area contributed by atoms with Gasteiger partial charge in [0.25, 0.3) is 0 Å². The van der Waals surface area contributed by atoms with Crippen LogP contribution in [0.5, 0.6) is 5.75 Å². The molecule has 1 rings (SSSR count). The van der Waals surface area contributed by atoms with Crippen molar-refractivity contribution in [3.63, 3.8) is 0 Å². The third-order valence-electron chi connectivity index (χ3n) is 4.65. The molecular formula is C19H34ClNO3Si. The maximum atomic E-state index is 10.1. The number of nitrogens with one attached hydrogen (secondary N) is 1. The van der Waals surface area contributed by atoms with Crippen molar-refractivity contribution < 1.29 is 14.3 Å². The lowest BCUT2D eigenvalue weighted by Gasteiger charge is -2.39. The molecular weight excluding hydrogens is 354 g/mol. The predicted molar refractivity (Wildman–Crippen MR) is 108 cm³/mol. The number of hydrogen-bond donors (Lipinski definition) is 2. The van der Waals surface area contributed by atoms with Gasteiger partial charge >= 0.3 is 0 Å². The first-order chi connectivity index (χ1) is 11.3. The molecule has 144 valence electrons. The molecule has 25 heavy (non-hydrogen) atoms. The molecule has 0 heterocycles. The highest BCUT2D eigenvalue weighted by Crippen LogP contribution is 2.36. The topological polar surface area (TPSA) is 50.7 Å². The number of ether oxygens (including phenoxy) is 1. The van der Waals surface area contributed by atoms with Crippen molar-refractivity contribution in [1.29, 1.82) is 0 Å². The van der Waals surface area contributed by atoms with E-state index in [1.54, 1.807) is 12.1 Å². The number of halogens is 1. The average Bonchev–Trinajstić information content (AvgIpc) is 2.48. The predicted octanol–water partition coefficient (Wildman–Crippen LogP) is 4.47. The van der Waals surface area contributed by atoms with Gasteiger partial charge in [0.2, 0.25) is 0 Å². The van der Waals surface area contributed by atoms with Crippen LogP contribution in [0.4, 0.5) is 0 Å². The molecule has 1 aromatic carbocycles. The Hall–Kier alpha value is -0.593. The molecule has 0 fully saturated rings. The van der Waals surface area contributed by atoms with E-state index in [1.165, 1.54) is 0 Å². The minimum Gasteiger partial charge on any atom is -0.491 e. The van der Waals surface area contributed by atoms with Crippen LogP contribution < -0.4 is 10.1 Å². The molecule has 0 bridgehead atoms. The number of benzene rings is 1. The van der Waals surface area contributed by atoms with Gasteiger partial charge in [-0.2, -0.15) is 0 Å². The lowest BCUT2D eigenvalue weighted by atomic mass is 10.1. The molecule has 0 aliphatic carbocycles. The highest BCUT2D eigenvalue weighted by atomic mass is 35.5. The minimum atomic E-state index is -1.78. The van der Waals surface area contributed by atoms with Crippen molar-refractivity contribution in [2.75, 3.05) is 19.8 Å². The summed E-state index contributed by atoms with van der Waals surface area (Å²) in [6, 6.07) is 7.17. The third kappa shape index (κ3) is 8.09. The SMILES string of the molecule is CC(C)(CO[Si](C)(C)C(C)(C)C)NCC(O)COc1cccc(Cl)c1. The van der Waals surface area contributed by atoms with Gasteiger partial charge in [-0.15, -0.1) is 0 Å². The fraction of sp³-hybridized carbons (Fsp3) is 0.684. The van der Waals surface area contributed by atoms with Gasteiger partial charge in [0.1, 0.15) is 18.5 Å². The van der Waals surface area contributed by atoms with Gasteiger partial charge in [0.05, 0.1) is 6.61 Å². The van der Waals surface area contributed by atoms with Crippen molar-refractivity contribution in [3.8, 4) is 5.75 Å². The zero-order chi connectivity index (χ0) is 19.3. The minimum absolute atomic E-state index is 0.188. The molecule has 1 unspecified atom stereocenters. The van der Waals surface area contributed by atoms with Crippen molar-refractivity contribution >= 4 is 19.9 Å². The van der Waals surface area contributed by atoms with Crippen molar-refractivity contribution in [1.82, 2.24) is 5.32 Å². The second-order valence-electron chi connectivity index (χ2n) is 8.74. The van der Waals surface area contributed by atoms with E-state index in [4.69, 9.17) is 20.8 Å². The zero-order valence-electron chi connectivity index (χ0n) is 16.6. The van der Waals surface area contributed by atoms with Crippen LogP contribution in [0.3, 0.4) is 0 Å². The fourth-order valence-electron chi connectivity index (χ4n) is 1.83. The molecule has 6 heteroatoms. The maximum absolute atomic E-state index is 10.1. The van der Waals surface area contributed by atoms with Crippen LogP contribution in [0, 0.1) is 0 Å². The van der Waals surface area contributed by atoms with E-state index in [0.29, 0.717) is 23.9 Å². The Kier molecular flexibility index (Phi) is 7.96.